The molecule has 0 saturated heterocycles. The number of carbonyl (C=O) groups is 1. The Hall–Kier alpha value is -2.32. The second-order valence-electron chi connectivity index (χ2n) is 7.22. The number of H-pyrrole nitrogens is 1. The Morgan fingerprint density at radius 1 is 1.41 bits per heavy atom. The monoisotopic (exact) mass is 431 g/mol. The minimum Gasteiger partial charge on any atom is -0.342 e. The van der Waals surface area contributed by atoms with E-state index in [1.807, 2.05) is 17.0 Å². The van der Waals surface area contributed by atoms with Gasteiger partial charge in [-0.15, -0.1) is 0 Å². The first kappa shape index (κ1) is 20.0. The molecule has 0 radical (unpaired) electrons. The normalized spacial score (nSPS) is 13.7. The van der Waals surface area contributed by atoms with Crippen LogP contribution in [0.4, 0.5) is 0 Å². The molecule has 152 valence electrons. The number of nitrogens with one attached hydrogen (secondary N) is 1. The van der Waals surface area contributed by atoms with E-state index in [4.69, 9.17) is 11.6 Å². The molecule has 1 aliphatic rings. The molecule has 1 N–H and O–H groups in total. The number of nitrogens with zero attached hydrogens (tertiary/aromatic N) is 4. The smallest absolute Gasteiger partial charge is 0.262 e. The zero-order valence-corrected chi connectivity index (χ0v) is 17.7. The van der Waals surface area contributed by atoms with E-state index in [0.717, 1.165) is 25.2 Å². The Labute approximate surface area is 177 Å². The highest BCUT2D eigenvalue weighted by molar-refractivity contribution is 7.99. The third-order valence-corrected chi connectivity index (χ3v) is 5.92. The summed E-state index contributed by atoms with van der Waals surface area (Å²) in [5.74, 6) is 0.971. The second kappa shape index (κ2) is 8.59. The van der Waals surface area contributed by atoms with Crippen molar-refractivity contribution in [3.05, 3.63) is 45.8 Å². The lowest BCUT2D eigenvalue weighted by Crippen LogP contribution is -2.35. The van der Waals surface area contributed by atoms with E-state index >= 15 is 0 Å². The Morgan fingerprint density at radius 2 is 2.24 bits per heavy atom. The molecule has 0 atom stereocenters. The first-order chi connectivity index (χ1) is 14.0. The summed E-state index contributed by atoms with van der Waals surface area (Å²) in [6, 6.07) is 7.19. The molecule has 1 aromatic carbocycles. The van der Waals surface area contributed by atoms with Gasteiger partial charge in [-0.25, -0.2) is 9.67 Å². The van der Waals surface area contributed by atoms with Crippen LogP contribution in [0.15, 0.2) is 40.4 Å². The summed E-state index contributed by atoms with van der Waals surface area (Å²) in [7, 11) is 0. The molecule has 0 bridgehead atoms. The highest BCUT2D eigenvalue weighted by Crippen LogP contribution is 2.30. The standard InChI is InChI=1S/C20H22ClN5O2S/c1-2-8-25(11-13-6-7-13)17(27)12-29-20-23-18-16(19(28)24-20)10-22-26(18)15-5-3-4-14(21)9-15/h3-5,9-10,13H,2,6-8,11-12H2,1H3,(H,23,24,28). The summed E-state index contributed by atoms with van der Waals surface area (Å²) in [6.45, 7) is 3.67. The number of hydrogen-bond acceptors (Lipinski definition) is 5. The summed E-state index contributed by atoms with van der Waals surface area (Å²) >= 11 is 7.32. The number of carbonyl (C=O) groups excluding carboxylic acids is 1. The lowest BCUT2D eigenvalue weighted by Gasteiger charge is -2.21. The molecule has 7 nitrogen and oxygen atoms in total. The van der Waals surface area contributed by atoms with Crippen molar-refractivity contribution in [2.45, 2.75) is 31.3 Å². The number of rotatable bonds is 8. The maximum Gasteiger partial charge on any atom is 0.262 e. The molecule has 1 amide bonds. The van der Waals surface area contributed by atoms with Crippen molar-refractivity contribution in [2.24, 2.45) is 5.92 Å². The van der Waals surface area contributed by atoms with E-state index in [2.05, 4.69) is 22.0 Å². The molecule has 0 aliphatic heterocycles. The van der Waals surface area contributed by atoms with Gasteiger partial charge in [0.2, 0.25) is 5.91 Å². The number of thioether (sulfide) groups is 1. The average molecular weight is 432 g/mol. The number of halogens is 1. The number of fused-ring (bicyclic) bond motifs is 1. The fourth-order valence-electron chi connectivity index (χ4n) is 3.18. The van der Waals surface area contributed by atoms with Crippen molar-refractivity contribution in [2.75, 3.05) is 18.8 Å². The van der Waals surface area contributed by atoms with Crippen LogP contribution in [0.25, 0.3) is 16.7 Å². The molecule has 1 saturated carbocycles. The summed E-state index contributed by atoms with van der Waals surface area (Å²) in [4.78, 5) is 34.3. The molecule has 3 aromatic rings. The fourth-order valence-corrected chi connectivity index (χ4v) is 4.13. The van der Waals surface area contributed by atoms with Crippen LogP contribution in [0, 0.1) is 5.92 Å². The van der Waals surface area contributed by atoms with E-state index in [0.29, 0.717) is 27.1 Å². The number of benzene rings is 1. The Balaban J connectivity index is 1.55. The van der Waals surface area contributed by atoms with Gasteiger partial charge in [-0.1, -0.05) is 36.4 Å². The van der Waals surface area contributed by atoms with Crippen LogP contribution >= 0.6 is 23.4 Å². The van der Waals surface area contributed by atoms with Crippen LogP contribution in [0.5, 0.6) is 0 Å². The van der Waals surface area contributed by atoms with Gasteiger partial charge in [0, 0.05) is 18.1 Å². The quantitative estimate of drug-likeness (QED) is 0.436. The van der Waals surface area contributed by atoms with E-state index in [-0.39, 0.29) is 17.2 Å². The zero-order chi connectivity index (χ0) is 20.4. The van der Waals surface area contributed by atoms with Crippen LogP contribution in [0.2, 0.25) is 5.02 Å². The Kier molecular flexibility index (Phi) is 5.91. The van der Waals surface area contributed by atoms with Crippen molar-refractivity contribution >= 4 is 40.3 Å². The Bertz CT molecular complexity index is 1090. The van der Waals surface area contributed by atoms with Crippen LogP contribution < -0.4 is 5.56 Å². The summed E-state index contributed by atoms with van der Waals surface area (Å²) in [6.07, 6.45) is 4.84. The van der Waals surface area contributed by atoms with Gasteiger partial charge in [-0.05, 0) is 43.4 Å². The zero-order valence-electron chi connectivity index (χ0n) is 16.1. The molecule has 0 spiro atoms. The molecule has 9 heteroatoms. The molecule has 4 rings (SSSR count). The maximum atomic E-state index is 12.6. The summed E-state index contributed by atoms with van der Waals surface area (Å²) in [5.41, 5.74) is 0.882. The predicted octanol–water partition coefficient (Wildman–Crippen LogP) is 3.50. The van der Waals surface area contributed by atoms with Gasteiger partial charge in [0.15, 0.2) is 10.8 Å². The van der Waals surface area contributed by atoms with E-state index in [1.165, 1.54) is 30.8 Å². The molecule has 29 heavy (non-hydrogen) atoms. The number of aromatic nitrogens is 4. The first-order valence-electron chi connectivity index (χ1n) is 9.69. The van der Waals surface area contributed by atoms with E-state index in [1.54, 1.807) is 16.8 Å². The molecule has 2 aromatic heterocycles. The molecular formula is C20H22ClN5O2S. The molecular weight excluding hydrogens is 410 g/mol. The van der Waals surface area contributed by atoms with Crippen LogP contribution in [0.3, 0.4) is 0 Å². The molecule has 2 heterocycles. The van der Waals surface area contributed by atoms with Crippen molar-refractivity contribution in [3.63, 3.8) is 0 Å². The minimum atomic E-state index is -0.276. The van der Waals surface area contributed by atoms with Crippen molar-refractivity contribution < 1.29 is 4.79 Å². The lowest BCUT2D eigenvalue weighted by atomic mass is 10.3. The molecule has 1 fully saturated rings. The highest BCUT2D eigenvalue weighted by Gasteiger charge is 2.26. The third-order valence-electron chi connectivity index (χ3n) is 4.82. The second-order valence-corrected chi connectivity index (χ2v) is 8.62. The largest absolute Gasteiger partial charge is 0.342 e. The van der Waals surface area contributed by atoms with Gasteiger partial charge in [0.25, 0.3) is 5.56 Å². The van der Waals surface area contributed by atoms with Crippen LogP contribution in [0.1, 0.15) is 26.2 Å². The number of aromatic amines is 1. The topological polar surface area (TPSA) is 83.9 Å². The van der Waals surface area contributed by atoms with Gasteiger partial charge in [-0.2, -0.15) is 5.10 Å². The minimum absolute atomic E-state index is 0.0786. The lowest BCUT2D eigenvalue weighted by molar-refractivity contribution is -0.128. The fraction of sp³-hybridized carbons (Fsp3) is 0.400. The van der Waals surface area contributed by atoms with Gasteiger partial charge < -0.3 is 9.88 Å². The summed E-state index contributed by atoms with van der Waals surface area (Å²) < 4.78 is 1.58. The van der Waals surface area contributed by atoms with Crippen LogP contribution in [-0.4, -0.2) is 49.4 Å². The summed E-state index contributed by atoms with van der Waals surface area (Å²) in [5, 5.41) is 5.66. The van der Waals surface area contributed by atoms with Crippen molar-refractivity contribution in [1.29, 1.82) is 0 Å². The molecule has 1 aliphatic carbocycles. The van der Waals surface area contributed by atoms with Gasteiger partial charge in [0.05, 0.1) is 17.6 Å². The van der Waals surface area contributed by atoms with Gasteiger partial charge >= 0.3 is 0 Å². The van der Waals surface area contributed by atoms with Crippen LogP contribution in [-0.2, 0) is 4.79 Å². The van der Waals surface area contributed by atoms with Gasteiger partial charge in [-0.3, -0.25) is 9.59 Å². The van der Waals surface area contributed by atoms with Crippen molar-refractivity contribution in [1.82, 2.24) is 24.6 Å². The van der Waals surface area contributed by atoms with Gasteiger partial charge in [0.1, 0.15) is 5.39 Å². The first-order valence-corrected chi connectivity index (χ1v) is 11.1. The van der Waals surface area contributed by atoms with E-state index in [9.17, 15) is 9.59 Å². The highest BCUT2D eigenvalue weighted by atomic mass is 35.5. The van der Waals surface area contributed by atoms with E-state index < -0.39 is 0 Å². The SMILES string of the molecule is CCCN(CC1CC1)C(=O)CSc1nc2c(cnn2-c2cccc(Cl)c2)c(=O)[nH]1. The third kappa shape index (κ3) is 4.64. The Morgan fingerprint density at radius 3 is 2.97 bits per heavy atom. The average Bonchev–Trinajstić information content (AvgIpc) is 3.41. The van der Waals surface area contributed by atoms with Crippen molar-refractivity contribution in [3.8, 4) is 5.69 Å². The predicted molar refractivity (Wildman–Crippen MR) is 115 cm³/mol. The number of amides is 1. The molecule has 0 unspecified atom stereocenters. The number of hydrogen-bond donors (Lipinski definition) is 1. The maximum absolute atomic E-state index is 12.6.